The number of methoxy groups -OCH3 is 1. The number of nitrogens with one attached hydrogen (secondary N) is 1. The summed E-state index contributed by atoms with van der Waals surface area (Å²) < 4.78 is 42.4. The summed E-state index contributed by atoms with van der Waals surface area (Å²) in [6.45, 7) is 5.59. The van der Waals surface area contributed by atoms with E-state index in [9.17, 15) is 22.8 Å². The molecule has 1 rings (SSSR count). The highest BCUT2D eigenvalue weighted by Gasteiger charge is 2.30. The van der Waals surface area contributed by atoms with Gasteiger partial charge >= 0.3 is 12.1 Å². The van der Waals surface area contributed by atoms with Gasteiger partial charge in [0.05, 0.1) is 12.7 Å². The Morgan fingerprint density at radius 3 is 2.12 bits per heavy atom. The normalized spacial score (nSPS) is 14.1. The van der Waals surface area contributed by atoms with Crippen LogP contribution in [0.4, 0.5) is 13.2 Å². The van der Waals surface area contributed by atoms with Crippen molar-refractivity contribution in [1.29, 1.82) is 0 Å². The summed E-state index contributed by atoms with van der Waals surface area (Å²) in [4.78, 5) is 23.9. The van der Waals surface area contributed by atoms with Crippen LogP contribution in [0.25, 0.3) is 0 Å². The second kappa shape index (κ2) is 8.87. The van der Waals surface area contributed by atoms with Gasteiger partial charge in [-0.2, -0.15) is 13.2 Å². The van der Waals surface area contributed by atoms with E-state index >= 15 is 0 Å². The van der Waals surface area contributed by atoms with E-state index in [0.717, 1.165) is 12.1 Å². The van der Waals surface area contributed by atoms with Crippen LogP contribution in [-0.2, 0) is 20.5 Å². The zero-order valence-corrected chi connectivity index (χ0v) is 14.8. The average Bonchev–Trinajstić information content (AvgIpc) is 2.52. The summed E-state index contributed by atoms with van der Waals surface area (Å²) >= 11 is 0. The second-order valence-electron chi connectivity index (χ2n) is 6.50. The van der Waals surface area contributed by atoms with Gasteiger partial charge in [0.2, 0.25) is 5.91 Å². The van der Waals surface area contributed by atoms with Crippen molar-refractivity contribution in [2.45, 2.75) is 51.7 Å². The fraction of sp³-hybridized carbons (Fsp3) is 0.556. The molecule has 0 saturated carbocycles. The predicted molar refractivity (Wildman–Crippen MR) is 87.9 cm³/mol. The van der Waals surface area contributed by atoms with Gasteiger partial charge in [0.25, 0.3) is 0 Å². The number of carbonyl (C=O) groups excluding carboxylic acids is 2. The molecule has 0 aliphatic carbocycles. The first-order valence-corrected chi connectivity index (χ1v) is 8.09. The molecule has 1 amide bonds. The van der Waals surface area contributed by atoms with Crippen LogP contribution in [0.15, 0.2) is 24.3 Å². The highest BCUT2D eigenvalue weighted by atomic mass is 19.4. The number of hydrogen-bond acceptors (Lipinski definition) is 3. The van der Waals surface area contributed by atoms with Crippen molar-refractivity contribution in [2.75, 3.05) is 7.11 Å². The molecule has 4 nitrogen and oxygen atoms in total. The summed E-state index contributed by atoms with van der Waals surface area (Å²) in [5.74, 6) is -0.941. The molecule has 1 aromatic rings. The molecule has 2 atom stereocenters. The number of halogens is 3. The Labute approximate surface area is 145 Å². The number of esters is 1. The number of rotatable bonds is 7. The summed E-state index contributed by atoms with van der Waals surface area (Å²) in [5, 5.41) is 2.64. The van der Waals surface area contributed by atoms with E-state index in [1.807, 2.05) is 13.8 Å². The van der Waals surface area contributed by atoms with E-state index in [2.05, 4.69) is 10.1 Å². The first-order valence-electron chi connectivity index (χ1n) is 8.09. The molecule has 0 saturated heterocycles. The first kappa shape index (κ1) is 21.0. The van der Waals surface area contributed by atoms with Crippen molar-refractivity contribution in [3.63, 3.8) is 0 Å². The summed E-state index contributed by atoms with van der Waals surface area (Å²) in [5.41, 5.74) is -0.0998. The van der Waals surface area contributed by atoms with E-state index in [4.69, 9.17) is 0 Å². The van der Waals surface area contributed by atoms with Gasteiger partial charge < -0.3 is 10.1 Å². The molecule has 140 valence electrons. The second-order valence-corrected chi connectivity index (χ2v) is 6.50. The third kappa shape index (κ3) is 6.76. The van der Waals surface area contributed by atoms with Crippen molar-refractivity contribution in [2.24, 2.45) is 5.92 Å². The molecule has 0 fully saturated rings. The molecular formula is C18H24F3NO3. The van der Waals surface area contributed by atoms with Crippen molar-refractivity contribution < 1.29 is 27.5 Å². The van der Waals surface area contributed by atoms with Crippen molar-refractivity contribution >= 4 is 11.9 Å². The monoisotopic (exact) mass is 359 g/mol. The molecule has 0 spiro atoms. The van der Waals surface area contributed by atoms with Crippen molar-refractivity contribution in [3.05, 3.63) is 35.4 Å². The summed E-state index contributed by atoms with van der Waals surface area (Å²) in [7, 11) is 1.26. The zero-order valence-electron chi connectivity index (χ0n) is 14.8. The third-order valence-electron chi connectivity index (χ3n) is 3.83. The van der Waals surface area contributed by atoms with E-state index in [1.54, 1.807) is 6.92 Å². The Morgan fingerprint density at radius 1 is 1.12 bits per heavy atom. The summed E-state index contributed by atoms with van der Waals surface area (Å²) in [6.07, 6.45) is -3.87. The lowest BCUT2D eigenvalue weighted by Crippen LogP contribution is -2.42. The number of benzene rings is 1. The number of carbonyl (C=O) groups is 2. The topological polar surface area (TPSA) is 55.4 Å². The fourth-order valence-corrected chi connectivity index (χ4v) is 2.48. The Balaban J connectivity index is 2.70. The largest absolute Gasteiger partial charge is 0.467 e. The Kier molecular flexibility index (Phi) is 7.45. The van der Waals surface area contributed by atoms with Crippen LogP contribution in [0.5, 0.6) is 0 Å². The maximum absolute atomic E-state index is 12.6. The Hall–Kier alpha value is -2.05. The zero-order chi connectivity index (χ0) is 19.2. The third-order valence-corrected chi connectivity index (χ3v) is 3.83. The van der Waals surface area contributed by atoms with Crippen LogP contribution in [0.2, 0.25) is 0 Å². The minimum Gasteiger partial charge on any atom is -0.467 e. The quantitative estimate of drug-likeness (QED) is 0.751. The molecule has 1 aromatic carbocycles. The molecule has 0 aliphatic heterocycles. The van der Waals surface area contributed by atoms with E-state index in [1.165, 1.54) is 19.2 Å². The van der Waals surface area contributed by atoms with Gasteiger partial charge in [-0.05, 0) is 36.0 Å². The molecule has 25 heavy (non-hydrogen) atoms. The smallest absolute Gasteiger partial charge is 0.416 e. The van der Waals surface area contributed by atoms with Gasteiger partial charge in [-0.25, -0.2) is 4.79 Å². The van der Waals surface area contributed by atoms with Gasteiger partial charge in [-0.3, -0.25) is 4.79 Å². The number of alkyl halides is 3. The Bertz CT molecular complexity index is 582. The van der Waals surface area contributed by atoms with Gasteiger partial charge in [0, 0.05) is 6.42 Å². The Morgan fingerprint density at radius 2 is 1.68 bits per heavy atom. The van der Waals surface area contributed by atoms with Crippen LogP contribution in [0, 0.1) is 5.92 Å². The van der Waals surface area contributed by atoms with Crippen LogP contribution in [0.1, 0.15) is 50.7 Å². The average molecular weight is 359 g/mol. The molecule has 0 radical (unpaired) electrons. The minimum atomic E-state index is -4.39. The molecule has 0 aliphatic rings. The van der Waals surface area contributed by atoms with E-state index in [-0.39, 0.29) is 24.2 Å². The lowest BCUT2D eigenvalue weighted by Gasteiger charge is -2.20. The minimum absolute atomic E-state index is 0.0664. The standard InChI is InChI=1S/C18H24F3NO3/c1-11(2)9-15(17(24)25-4)22-16(23)10-12(3)13-5-7-14(8-6-13)18(19,20)21/h5-8,11-12,15H,9-10H2,1-4H3,(H,22,23). The van der Waals surface area contributed by atoms with Crippen LogP contribution < -0.4 is 5.32 Å². The van der Waals surface area contributed by atoms with Crippen molar-refractivity contribution in [1.82, 2.24) is 5.32 Å². The van der Waals surface area contributed by atoms with Gasteiger partial charge in [0.1, 0.15) is 6.04 Å². The maximum atomic E-state index is 12.6. The fourth-order valence-electron chi connectivity index (χ4n) is 2.48. The lowest BCUT2D eigenvalue weighted by molar-refractivity contribution is -0.145. The lowest BCUT2D eigenvalue weighted by atomic mass is 9.96. The van der Waals surface area contributed by atoms with Gasteiger partial charge in [-0.1, -0.05) is 32.9 Å². The van der Waals surface area contributed by atoms with Gasteiger partial charge in [-0.15, -0.1) is 0 Å². The number of hydrogen-bond donors (Lipinski definition) is 1. The molecule has 0 heterocycles. The SMILES string of the molecule is COC(=O)C(CC(C)C)NC(=O)CC(C)c1ccc(C(F)(F)F)cc1. The van der Waals surface area contributed by atoms with E-state index < -0.39 is 23.8 Å². The first-order chi connectivity index (χ1) is 11.5. The van der Waals surface area contributed by atoms with Crippen LogP contribution in [0.3, 0.4) is 0 Å². The molecule has 2 unspecified atom stereocenters. The molecule has 7 heteroatoms. The molecular weight excluding hydrogens is 335 g/mol. The molecule has 0 aromatic heterocycles. The maximum Gasteiger partial charge on any atom is 0.416 e. The molecule has 1 N–H and O–H groups in total. The summed E-state index contributed by atoms with van der Waals surface area (Å²) in [6, 6.07) is 4.01. The van der Waals surface area contributed by atoms with Crippen LogP contribution >= 0.6 is 0 Å². The van der Waals surface area contributed by atoms with Crippen molar-refractivity contribution in [3.8, 4) is 0 Å². The molecule has 0 bridgehead atoms. The van der Waals surface area contributed by atoms with E-state index in [0.29, 0.717) is 12.0 Å². The van der Waals surface area contributed by atoms with Crippen LogP contribution in [-0.4, -0.2) is 25.0 Å². The highest BCUT2D eigenvalue weighted by molar-refractivity contribution is 5.84. The van der Waals surface area contributed by atoms with Gasteiger partial charge in [0.15, 0.2) is 0 Å². The highest BCUT2D eigenvalue weighted by Crippen LogP contribution is 2.30. The predicted octanol–water partition coefficient (Wildman–Crippen LogP) is 3.90. The number of ether oxygens (including phenoxy) is 1. The number of amides is 1.